The number of nitrogens with one attached hydrogen (secondary N) is 1. The molecule has 0 aliphatic carbocycles. The molecule has 24 heavy (non-hydrogen) atoms. The fraction of sp³-hybridized carbons (Fsp3) is 0.400. The van der Waals surface area contributed by atoms with E-state index in [2.05, 4.69) is 38.2 Å². The molecule has 4 nitrogen and oxygen atoms in total. The standard InChI is InChI=1S/C20H24N2O2/c1-13(2)18-12-20(4,15-8-6-5-7-9-15)17-11-16(22(23)24)10-14(3)19(17)21-18/h5-11,13,18,21H,12H2,1-4H3. The second-order valence-corrected chi connectivity index (χ2v) is 7.34. The molecule has 1 aliphatic heterocycles. The maximum Gasteiger partial charge on any atom is 0.270 e. The molecule has 4 heteroatoms. The normalized spacial score (nSPS) is 22.8. The Labute approximate surface area is 143 Å². The van der Waals surface area contributed by atoms with Crippen LogP contribution in [0.4, 0.5) is 11.4 Å². The summed E-state index contributed by atoms with van der Waals surface area (Å²) >= 11 is 0. The average molecular weight is 324 g/mol. The Balaban J connectivity index is 2.25. The van der Waals surface area contributed by atoms with Crippen molar-refractivity contribution in [3.63, 3.8) is 0 Å². The van der Waals surface area contributed by atoms with Crippen molar-refractivity contribution in [2.75, 3.05) is 5.32 Å². The molecular weight excluding hydrogens is 300 g/mol. The van der Waals surface area contributed by atoms with E-state index in [9.17, 15) is 10.1 Å². The molecule has 2 aromatic rings. The molecule has 0 saturated carbocycles. The Morgan fingerprint density at radius 3 is 2.50 bits per heavy atom. The van der Waals surface area contributed by atoms with Crippen molar-refractivity contribution in [3.8, 4) is 0 Å². The van der Waals surface area contributed by atoms with E-state index in [-0.39, 0.29) is 16.0 Å². The summed E-state index contributed by atoms with van der Waals surface area (Å²) in [5.74, 6) is 0.482. The zero-order valence-electron chi connectivity index (χ0n) is 14.7. The van der Waals surface area contributed by atoms with Crippen LogP contribution in [-0.2, 0) is 5.41 Å². The molecule has 2 aromatic carbocycles. The summed E-state index contributed by atoms with van der Waals surface area (Å²) in [6.07, 6.45) is 0.919. The Morgan fingerprint density at radius 2 is 1.92 bits per heavy atom. The molecule has 2 unspecified atom stereocenters. The largest absolute Gasteiger partial charge is 0.382 e. The summed E-state index contributed by atoms with van der Waals surface area (Å²) in [5.41, 5.74) is 4.14. The molecular formula is C20H24N2O2. The van der Waals surface area contributed by atoms with Gasteiger partial charge in [-0.05, 0) is 36.0 Å². The fourth-order valence-corrected chi connectivity index (χ4v) is 3.77. The number of rotatable bonds is 3. The summed E-state index contributed by atoms with van der Waals surface area (Å²) in [6, 6.07) is 14.1. The predicted octanol–water partition coefficient (Wildman–Crippen LogP) is 5.05. The molecule has 0 aromatic heterocycles. The van der Waals surface area contributed by atoms with Crippen LogP contribution in [0.25, 0.3) is 0 Å². The van der Waals surface area contributed by atoms with Gasteiger partial charge in [-0.3, -0.25) is 10.1 Å². The van der Waals surface area contributed by atoms with Crippen LogP contribution in [-0.4, -0.2) is 11.0 Å². The summed E-state index contributed by atoms with van der Waals surface area (Å²) in [6.45, 7) is 8.59. The van der Waals surface area contributed by atoms with Gasteiger partial charge in [0.1, 0.15) is 0 Å². The first-order valence-electron chi connectivity index (χ1n) is 8.44. The van der Waals surface area contributed by atoms with Gasteiger partial charge in [-0.25, -0.2) is 0 Å². The van der Waals surface area contributed by atoms with Crippen molar-refractivity contribution in [1.82, 2.24) is 0 Å². The highest BCUT2D eigenvalue weighted by Gasteiger charge is 2.40. The van der Waals surface area contributed by atoms with Crippen molar-refractivity contribution >= 4 is 11.4 Å². The van der Waals surface area contributed by atoms with Gasteiger partial charge < -0.3 is 5.32 Å². The minimum Gasteiger partial charge on any atom is -0.382 e. The van der Waals surface area contributed by atoms with E-state index in [1.807, 2.05) is 25.1 Å². The Bertz CT molecular complexity index is 771. The molecule has 1 heterocycles. The second-order valence-electron chi connectivity index (χ2n) is 7.34. The van der Waals surface area contributed by atoms with Gasteiger partial charge in [0.05, 0.1) is 4.92 Å². The third-order valence-corrected chi connectivity index (χ3v) is 5.30. The first kappa shape index (κ1) is 16.5. The molecule has 0 saturated heterocycles. The van der Waals surface area contributed by atoms with Gasteiger partial charge in [0.2, 0.25) is 0 Å². The zero-order valence-corrected chi connectivity index (χ0v) is 14.7. The number of hydrogen-bond donors (Lipinski definition) is 1. The van der Waals surface area contributed by atoms with E-state index in [0.29, 0.717) is 12.0 Å². The van der Waals surface area contributed by atoms with Crippen LogP contribution in [0.5, 0.6) is 0 Å². The number of nitro groups is 1. The minimum absolute atomic E-state index is 0.165. The Kier molecular flexibility index (Phi) is 4.08. The maximum atomic E-state index is 11.3. The number of nitro benzene ring substituents is 1. The van der Waals surface area contributed by atoms with E-state index >= 15 is 0 Å². The fourth-order valence-electron chi connectivity index (χ4n) is 3.77. The lowest BCUT2D eigenvalue weighted by Gasteiger charge is -2.43. The Morgan fingerprint density at radius 1 is 1.25 bits per heavy atom. The number of non-ortho nitro benzene ring substituents is 1. The van der Waals surface area contributed by atoms with E-state index in [4.69, 9.17) is 0 Å². The van der Waals surface area contributed by atoms with Gasteiger partial charge in [-0.1, -0.05) is 51.1 Å². The lowest BCUT2D eigenvalue weighted by molar-refractivity contribution is -0.385. The second kappa shape index (κ2) is 5.93. The smallest absolute Gasteiger partial charge is 0.270 e. The van der Waals surface area contributed by atoms with Crippen LogP contribution in [0.3, 0.4) is 0 Å². The number of fused-ring (bicyclic) bond motifs is 1. The van der Waals surface area contributed by atoms with Crippen LogP contribution in [0.2, 0.25) is 0 Å². The number of anilines is 1. The number of hydrogen-bond acceptors (Lipinski definition) is 3. The van der Waals surface area contributed by atoms with Gasteiger partial charge in [0.25, 0.3) is 5.69 Å². The zero-order chi connectivity index (χ0) is 17.5. The molecule has 3 rings (SSSR count). The van der Waals surface area contributed by atoms with Crippen molar-refractivity contribution in [2.24, 2.45) is 5.92 Å². The highest BCUT2D eigenvalue weighted by Crippen LogP contribution is 2.47. The van der Waals surface area contributed by atoms with E-state index in [0.717, 1.165) is 23.2 Å². The average Bonchev–Trinajstić information content (AvgIpc) is 2.56. The van der Waals surface area contributed by atoms with E-state index in [1.165, 1.54) is 5.56 Å². The molecule has 2 atom stereocenters. The molecule has 0 bridgehead atoms. The predicted molar refractivity (Wildman–Crippen MR) is 97.6 cm³/mol. The molecule has 126 valence electrons. The maximum absolute atomic E-state index is 11.3. The van der Waals surface area contributed by atoms with Crippen LogP contribution in [0.15, 0.2) is 42.5 Å². The third kappa shape index (κ3) is 2.66. The third-order valence-electron chi connectivity index (χ3n) is 5.30. The molecule has 0 spiro atoms. The van der Waals surface area contributed by atoms with Crippen LogP contribution < -0.4 is 5.32 Å². The van der Waals surface area contributed by atoms with Crippen molar-refractivity contribution in [3.05, 3.63) is 69.3 Å². The van der Waals surface area contributed by atoms with Gasteiger partial charge in [0, 0.05) is 29.3 Å². The molecule has 0 fully saturated rings. The summed E-state index contributed by atoms with van der Waals surface area (Å²) in [7, 11) is 0. The Hall–Kier alpha value is -2.36. The molecule has 0 amide bonds. The van der Waals surface area contributed by atoms with Crippen LogP contribution in [0.1, 0.15) is 43.9 Å². The van der Waals surface area contributed by atoms with Crippen molar-refractivity contribution in [1.29, 1.82) is 0 Å². The molecule has 1 N–H and O–H groups in total. The topological polar surface area (TPSA) is 55.2 Å². The molecule has 1 aliphatic rings. The van der Waals surface area contributed by atoms with E-state index in [1.54, 1.807) is 12.1 Å². The summed E-state index contributed by atoms with van der Waals surface area (Å²) in [5, 5.41) is 15.0. The highest BCUT2D eigenvalue weighted by atomic mass is 16.6. The van der Waals surface area contributed by atoms with Crippen molar-refractivity contribution < 1.29 is 4.92 Å². The van der Waals surface area contributed by atoms with Gasteiger partial charge in [-0.15, -0.1) is 0 Å². The van der Waals surface area contributed by atoms with Crippen LogP contribution in [0, 0.1) is 23.0 Å². The van der Waals surface area contributed by atoms with Gasteiger partial charge in [-0.2, -0.15) is 0 Å². The number of aryl methyl sites for hydroxylation is 1. The lowest BCUT2D eigenvalue weighted by Crippen LogP contribution is -2.41. The highest BCUT2D eigenvalue weighted by molar-refractivity contribution is 5.68. The summed E-state index contributed by atoms with van der Waals surface area (Å²) in [4.78, 5) is 11.0. The van der Waals surface area contributed by atoms with Gasteiger partial charge >= 0.3 is 0 Å². The monoisotopic (exact) mass is 324 g/mol. The van der Waals surface area contributed by atoms with Crippen molar-refractivity contribution in [2.45, 2.75) is 45.6 Å². The summed E-state index contributed by atoms with van der Waals surface area (Å²) < 4.78 is 0. The number of benzene rings is 2. The first-order valence-corrected chi connectivity index (χ1v) is 8.44. The van der Waals surface area contributed by atoms with E-state index < -0.39 is 0 Å². The quantitative estimate of drug-likeness (QED) is 0.635. The number of nitrogens with zero attached hydrogens (tertiary/aromatic N) is 1. The van der Waals surface area contributed by atoms with Gasteiger partial charge in [0.15, 0.2) is 0 Å². The van der Waals surface area contributed by atoms with Crippen LogP contribution >= 0.6 is 0 Å². The first-order chi connectivity index (χ1) is 11.3. The minimum atomic E-state index is -0.298. The lowest BCUT2D eigenvalue weighted by atomic mass is 9.67. The molecule has 0 radical (unpaired) electrons. The SMILES string of the molecule is Cc1cc([N+](=O)[O-])cc2c1NC(C(C)C)CC2(C)c1ccccc1.